The predicted molar refractivity (Wildman–Crippen MR) is 101 cm³/mol. The second-order valence-electron chi connectivity index (χ2n) is 7.98. The number of rotatable bonds is 5. The molecule has 0 bridgehead atoms. The first-order valence-corrected chi connectivity index (χ1v) is 9.87. The van der Waals surface area contributed by atoms with Crippen molar-refractivity contribution in [3.63, 3.8) is 0 Å². The van der Waals surface area contributed by atoms with Crippen LogP contribution in [0.25, 0.3) is 0 Å². The lowest BCUT2D eigenvalue weighted by Gasteiger charge is -2.50. The number of piperidine rings is 1. The number of ether oxygens (including phenoxy) is 1. The first kappa shape index (κ1) is 19.3. The Morgan fingerprint density at radius 1 is 1.31 bits per heavy atom. The van der Waals surface area contributed by atoms with E-state index in [0.717, 1.165) is 50.9 Å². The second-order valence-corrected chi connectivity index (χ2v) is 7.98. The van der Waals surface area contributed by atoms with E-state index in [1.54, 1.807) is 12.1 Å². The lowest BCUT2D eigenvalue weighted by molar-refractivity contribution is -0.196. The number of nitrogens with zero attached hydrogens (tertiary/aromatic N) is 2. The number of hydrogen-bond donors (Lipinski definition) is 0. The zero-order chi connectivity index (χ0) is 18.7. The van der Waals surface area contributed by atoms with Crippen molar-refractivity contribution in [2.75, 3.05) is 26.2 Å². The molecule has 1 aromatic rings. The van der Waals surface area contributed by atoms with Crippen LogP contribution >= 0.6 is 0 Å². The van der Waals surface area contributed by atoms with Gasteiger partial charge in [-0.3, -0.25) is 4.79 Å². The number of carbonyl (C=O) groups is 1. The number of hydrogen-bond acceptors (Lipinski definition) is 3. The fourth-order valence-corrected chi connectivity index (χ4v) is 4.10. The van der Waals surface area contributed by atoms with E-state index >= 15 is 0 Å². The van der Waals surface area contributed by atoms with E-state index in [1.807, 2.05) is 17.9 Å². The molecule has 3 rings (SSSR count). The monoisotopic (exact) mass is 362 g/mol. The molecule has 0 radical (unpaired) electrons. The minimum Gasteiger partial charge on any atom is -0.360 e. The molecular weight excluding hydrogens is 331 g/mol. The molecule has 144 valence electrons. The fourth-order valence-electron chi connectivity index (χ4n) is 4.10. The highest BCUT2D eigenvalue weighted by Gasteiger charge is 2.46. The summed E-state index contributed by atoms with van der Waals surface area (Å²) in [6.07, 6.45) is 3.18. The molecule has 1 unspecified atom stereocenters. The number of likely N-dealkylation sites (tertiary alicyclic amines) is 1. The maximum atomic E-state index is 13.3. The van der Waals surface area contributed by atoms with E-state index in [4.69, 9.17) is 4.74 Å². The Labute approximate surface area is 156 Å². The van der Waals surface area contributed by atoms with Gasteiger partial charge in [0, 0.05) is 25.7 Å². The largest absolute Gasteiger partial charge is 0.360 e. The highest BCUT2D eigenvalue weighted by atomic mass is 19.1. The van der Waals surface area contributed by atoms with Gasteiger partial charge in [0.05, 0.1) is 12.1 Å². The van der Waals surface area contributed by atoms with Gasteiger partial charge in [-0.25, -0.2) is 4.39 Å². The van der Waals surface area contributed by atoms with Crippen molar-refractivity contribution in [3.05, 3.63) is 35.6 Å². The molecule has 2 aliphatic rings. The van der Waals surface area contributed by atoms with E-state index in [-0.39, 0.29) is 29.5 Å². The summed E-state index contributed by atoms with van der Waals surface area (Å²) < 4.78 is 19.6. The van der Waals surface area contributed by atoms with Crippen LogP contribution in [-0.2, 0) is 16.0 Å². The molecule has 26 heavy (non-hydrogen) atoms. The van der Waals surface area contributed by atoms with Crippen LogP contribution in [0.1, 0.15) is 45.6 Å². The van der Waals surface area contributed by atoms with Gasteiger partial charge in [-0.2, -0.15) is 0 Å². The van der Waals surface area contributed by atoms with Gasteiger partial charge in [-0.15, -0.1) is 0 Å². The van der Waals surface area contributed by atoms with Gasteiger partial charge in [0.1, 0.15) is 11.9 Å². The number of carbonyl (C=O) groups excluding carboxylic acids is 1. The van der Waals surface area contributed by atoms with Crippen molar-refractivity contribution in [2.45, 2.75) is 64.2 Å². The maximum absolute atomic E-state index is 13.3. The third-order valence-electron chi connectivity index (χ3n) is 5.78. The average Bonchev–Trinajstić information content (AvgIpc) is 2.63. The summed E-state index contributed by atoms with van der Waals surface area (Å²) in [7, 11) is 0. The van der Waals surface area contributed by atoms with Crippen LogP contribution in [0.5, 0.6) is 0 Å². The normalized spacial score (nSPS) is 23.8. The number of benzene rings is 1. The molecule has 0 aromatic heterocycles. The summed E-state index contributed by atoms with van der Waals surface area (Å²) in [6, 6.07) is 7.07. The molecule has 0 saturated carbocycles. The molecular formula is C21H31FN2O2. The van der Waals surface area contributed by atoms with Gasteiger partial charge < -0.3 is 14.5 Å². The first-order valence-electron chi connectivity index (χ1n) is 9.87. The van der Waals surface area contributed by atoms with Crippen LogP contribution < -0.4 is 0 Å². The van der Waals surface area contributed by atoms with Crippen molar-refractivity contribution < 1.29 is 13.9 Å². The second kappa shape index (κ2) is 8.05. The average molecular weight is 362 g/mol. The zero-order valence-corrected chi connectivity index (χ0v) is 16.2. The Bertz CT molecular complexity index is 626. The van der Waals surface area contributed by atoms with Crippen molar-refractivity contribution in [1.82, 2.24) is 9.80 Å². The summed E-state index contributed by atoms with van der Waals surface area (Å²) in [5.41, 5.74) is 0.843. The molecule has 2 saturated heterocycles. The molecule has 4 nitrogen and oxygen atoms in total. The summed E-state index contributed by atoms with van der Waals surface area (Å²) in [4.78, 5) is 17.0. The molecule has 0 N–H and O–H groups in total. The van der Waals surface area contributed by atoms with Crippen LogP contribution in [-0.4, -0.2) is 59.6 Å². The van der Waals surface area contributed by atoms with Crippen molar-refractivity contribution in [3.8, 4) is 0 Å². The highest BCUT2D eigenvalue weighted by molar-refractivity contribution is 5.82. The highest BCUT2D eigenvalue weighted by Crippen LogP contribution is 2.34. The maximum Gasteiger partial charge on any atom is 0.252 e. The number of amides is 1. The lowest BCUT2D eigenvalue weighted by Crippen LogP contribution is -2.63. The van der Waals surface area contributed by atoms with Gasteiger partial charge in [0.15, 0.2) is 0 Å². The van der Waals surface area contributed by atoms with E-state index in [1.165, 1.54) is 6.07 Å². The predicted octanol–water partition coefficient (Wildman–Crippen LogP) is 3.25. The van der Waals surface area contributed by atoms with E-state index < -0.39 is 0 Å². The van der Waals surface area contributed by atoms with Crippen molar-refractivity contribution in [2.24, 2.45) is 0 Å². The molecule has 5 heteroatoms. The summed E-state index contributed by atoms with van der Waals surface area (Å²) in [6.45, 7) is 9.75. The molecule has 1 spiro atoms. The van der Waals surface area contributed by atoms with Crippen LogP contribution in [0.3, 0.4) is 0 Å². The van der Waals surface area contributed by atoms with Gasteiger partial charge in [-0.1, -0.05) is 19.1 Å². The third-order valence-corrected chi connectivity index (χ3v) is 5.78. The minimum atomic E-state index is -0.301. The Kier molecular flexibility index (Phi) is 5.98. The molecule has 2 heterocycles. The molecule has 0 aliphatic carbocycles. The molecule has 2 aliphatic heterocycles. The van der Waals surface area contributed by atoms with E-state index in [0.29, 0.717) is 6.54 Å². The first-order chi connectivity index (χ1) is 12.4. The SMILES string of the molecule is CCC1OC2(CCN(CCc3cccc(F)c3)CC2)CN(C(C)C)C1=O. The Hall–Kier alpha value is -1.46. The van der Waals surface area contributed by atoms with Gasteiger partial charge in [0.2, 0.25) is 0 Å². The molecule has 1 aromatic carbocycles. The Morgan fingerprint density at radius 2 is 2.04 bits per heavy atom. The smallest absolute Gasteiger partial charge is 0.252 e. The minimum absolute atomic E-state index is 0.140. The number of morpholine rings is 1. The number of halogens is 1. The quantitative estimate of drug-likeness (QED) is 0.806. The third kappa shape index (κ3) is 4.26. The fraction of sp³-hybridized carbons (Fsp3) is 0.667. The van der Waals surface area contributed by atoms with E-state index in [2.05, 4.69) is 18.7 Å². The molecule has 1 atom stereocenters. The summed E-state index contributed by atoms with van der Waals surface area (Å²) in [5.74, 6) is -0.0265. The summed E-state index contributed by atoms with van der Waals surface area (Å²) >= 11 is 0. The Balaban J connectivity index is 1.57. The topological polar surface area (TPSA) is 32.8 Å². The standard InChI is InChI=1S/C21H31FN2O2/c1-4-19-20(25)24(16(2)3)15-21(26-19)9-12-23(13-10-21)11-8-17-6-5-7-18(22)14-17/h5-7,14,16,19H,4,8-13,15H2,1-3H3. The lowest BCUT2D eigenvalue weighted by atomic mass is 9.87. The van der Waals surface area contributed by atoms with Crippen LogP contribution in [0.2, 0.25) is 0 Å². The van der Waals surface area contributed by atoms with Gasteiger partial charge >= 0.3 is 0 Å². The Morgan fingerprint density at radius 3 is 2.65 bits per heavy atom. The zero-order valence-electron chi connectivity index (χ0n) is 16.2. The summed E-state index contributed by atoms with van der Waals surface area (Å²) in [5, 5.41) is 0. The van der Waals surface area contributed by atoms with Crippen LogP contribution in [0.4, 0.5) is 4.39 Å². The van der Waals surface area contributed by atoms with Gasteiger partial charge in [-0.05, 0) is 57.2 Å². The molecule has 1 amide bonds. The van der Waals surface area contributed by atoms with E-state index in [9.17, 15) is 9.18 Å². The van der Waals surface area contributed by atoms with Crippen molar-refractivity contribution >= 4 is 5.91 Å². The van der Waals surface area contributed by atoms with Gasteiger partial charge in [0.25, 0.3) is 5.91 Å². The van der Waals surface area contributed by atoms with Crippen LogP contribution in [0.15, 0.2) is 24.3 Å². The van der Waals surface area contributed by atoms with Crippen LogP contribution in [0, 0.1) is 5.82 Å². The van der Waals surface area contributed by atoms with Crippen molar-refractivity contribution in [1.29, 1.82) is 0 Å². The molecule has 2 fully saturated rings.